The van der Waals surface area contributed by atoms with Gasteiger partial charge in [0.1, 0.15) is 0 Å². The fourth-order valence-corrected chi connectivity index (χ4v) is 1.63. The number of rotatable bonds is 4. The number of hydrogen-bond acceptors (Lipinski definition) is 2. The van der Waals surface area contributed by atoms with Gasteiger partial charge in [0.25, 0.3) is 0 Å². The van der Waals surface area contributed by atoms with Crippen molar-refractivity contribution in [1.82, 2.24) is 15.1 Å². The predicted octanol–water partition coefficient (Wildman–Crippen LogP) is 1.30. The molecule has 4 nitrogen and oxygen atoms in total. The van der Waals surface area contributed by atoms with Gasteiger partial charge in [-0.2, -0.15) is 0 Å². The highest BCUT2D eigenvalue weighted by Crippen LogP contribution is 2.00. The van der Waals surface area contributed by atoms with Crippen LogP contribution in [0.3, 0.4) is 0 Å². The molecule has 0 spiro atoms. The molecule has 0 bridgehead atoms. The summed E-state index contributed by atoms with van der Waals surface area (Å²) in [6.45, 7) is 6.31. The number of nitrogens with zero attached hydrogens (tertiary/aromatic N) is 2. The van der Waals surface area contributed by atoms with E-state index in [-0.39, 0.29) is 6.03 Å². The highest BCUT2D eigenvalue weighted by atomic mass is 16.2. The summed E-state index contributed by atoms with van der Waals surface area (Å²) >= 11 is 0. The van der Waals surface area contributed by atoms with Crippen molar-refractivity contribution in [3.05, 3.63) is 7.05 Å². The molecule has 1 N–H and O–H groups in total. The van der Waals surface area contributed by atoms with Gasteiger partial charge in [0.05, 0.1) is 0 Å². The van der Waals surface area contributed by atoms with Crippen molar-refractivity contribution in [2.45, 2.75) is 26.2 Å². The molecule has 0 unspecified atom stereocenters. The zero-order chi connectivity index (χ0) is 11.1. The normalized spacial score (nSPS) is 17.9. The van der Waals surface area contributed by atoms with Crippen molar-refractivity contribution in [3.8, 4) is 0 Å². The summed E-state index contributed by atoms with van der Waals surface area (Å²) < 4.78 is 0. The topological polar surface area (TPSA) is 35.6 Å². The minimum absolute atomic E-state index is 0.0826. The van der Waals surface area contributed by atoms with Crippen molar-refractivity contribution in [1.29, 1.82) is 0 Å². The van der Waals surface area contributed by atoms with Crippen molar-refractivity contribution in [3.63, 3.8) is 0 Å². The smallest absolute Gasteiger partial charge is 0.317 e. The van der Waals surface area contributed by atoms with Crippen LogP contribution in [-0.4, -0.2) is 48.6 Å². The number of urea groups is 1. The van der Waals surface area contributed by atoms with Crippen LogP contribution in [0.5, 0.6) is 0 Å². The molecule has 0 saturated carbocycles. The van der Waals surface area contributed by atoms with Crippen LogP contribution in [0.4, 0.5) is 4.79 Å². The Bertz CT molecular complexity index is 188. The lowest BCUT2D eigenvalue weighted by molar-refractivity contribution is 0.161. The van der Waals surface area contributed by atoms with Gasteiger partial charge in [0, 0.05) is 39.8 Å². The molecule has 15 heavy (non-hydrogen) atoms. The Hall–Kier alpha value is -0.770. The highest BCUT2D eigenvalue weighted by Gasteiger charge is 2.17. The van der Waals surface area contributed by atoms with Crippen LogP contribution in [0.1, 0.15) is 26.2 Å². The molecule has 2 amide bonds. The van der Waals surface area contributed by atoms with Crippen LogP contribution >= 0.6 is 0 Å². The van der Waals surface area contributed by atoms with Crippen LogP contribution in [0.2, 0.25) is 0 Å². The first-order valence-corrected chi connectivity index (χ1v) is 5.82. The van der Waals surface area contributed by atoms with E-state index in [9.17, 15) is 4.79 Å². The summed E-state index contributed by atoms with van der Waals surface area (Å²) in [7, 11) is 3.85. The highest BCUT2D eigenvalue weighted by molar-refractivity contribution is 5.74. The Morgan fingerprint density at radius 2 is 1.93 bits per heavy atom. The molecular formula is C11H22N3O. The first-order valence-electron chi connectivity index (χ1n) is 5.82. The maximum absolute atomic E-state index is 11.6. The van der Waals surface area contributed by atoms with E-state index in [4.69, 9.17) is 0 Å². The summed E-state index contributed by atoms with van der Waals surface area (Å²) in [5, 5.41) is 2.95. The zero-order valence-electron chi connectivity index (χ0n) is 9.67. The van der Waals surface area contributed by atoms with Gasteiger partial charge in [0.2, 0.25) is 0 Å². The number of hydrogen-bond donors (Lipinski definition) is 1. The molecular weight excluding hydrogens is 190 g/mol. The van der Waals surface area contributed by atoms with E-state index in [1.165, 1.54) is 12.8 Å². The molecule has 1 fully saturated rings. The number of carbonyl (C=O) groups is 1. The average molecular weight is 212 g/mol. The Labute approximate surface area is 92.6 Å². The summed E-state index contributed by atoms with van der Waals surface area (Å²) in [6.07, 6.45) is 3.46. The SMILES string of the molecule is [CH2]N1CCN(C(=O)NCCCCC)CC1. The monoisotopic (exact) mass is 212 g/mol. The van der Waals surface area contributed by atoms with E-state index in [0.717, 1.165) is 39.1 Å². The zero-order valence-corrected chi connectivity index (χ0v) is 9.67. The number of piperazine rings is 1. The second kappa shape index (κ2) is 6.67. The number of unbranched alkanes of at least 4 members (excludes halogenated alkanes) is 2. The third-order valence-electron chi connectivity index (χ3n) is 2.72. The van der Waals surface area contributed by atoms with Gasteiger partial charge in [0.15, 0.2) is 0 Å². The molecule has 4 heteroatoms. The first-order chi connectivity index (χ1) is 7.24. The van der Waals surface area contributed by atoms with Crippen molar-refractivity contribution < 1.29 is 4.79 Å². The van der Waals surface area contributed by atoms with E-state index in [2.05, 4.69) is 19.3 Å². The van der Waals surface area contributed by atoms with E-state index in [0.29, 0.717) is 0 Å². The van der Waals surface area contributed by atoms with E-state index < -0.39 is 0 Å². The summed E-state index contributed by atoms with van der Waals surface area (Å²) in [6, 6.07) is 0.0826. The molecule has 1 heterocycles. The molecule has 0 aromatic carbocycles. The second-order valence-corrected chi connectivity index (χ2v) is 4.04. The molecule has 0 aliphatic carbocycles. The first kappa shape index (κ1) is 12.3. The van der Waals surface area contributed by atoms with Gasteiger partial charge in [-0.1, -0.05) is 19.8 Å². The largest absolute Gasteiger partial charge is 0.338 e. The van der Waals surface area contributed by atoms with Gasteiger partial charge in [-0.15, -0.1) is 0 Å². The lowest BCUT2D eigenvalue weighted by Crippen LogP contribution is -2.50. The van der Waals surface area contributed by atoms with Crippen molar-refractivity contribution in [2.24, 2.45) is 0 Å². The molecule has 0 atom stereocenters. The van der Waals surface area contributed by atoms with Gasteiger partial charge in [-0.05, 0) is 6.42 Å². The number of amides is 2. The van der Waals surface area contributed by atoms with E-state index in [1.807, 2.05) is 9.80 Å². The fourth-order valence-electron chi connectivity index (χ4n) is 1.63. The third-order valence-corrected chi connectivity index (χ3v) is 2.72. The summed E-state index contributed by atoms with van der Waals surface area (Å²) in [4.78, 5) is 15.5. The Morgan fingerprint density at radius 3 is 2.53 bits per heavy atom. The predicted molar refractivity (Wildman–Crippen MR) is 61.4 cm³/mol. The molecule has 1 radical (unpaired) electrons. The average Bonchev–Trinajstić information content (AvgIpc) is 2.25. The van der Waals surface area contributed by atoms with Gasteiger partial charge >= 0.3 is 6.03 Å². The number of carbonyl (C=O) groups excluding carboxylic acids is 1. The van der Waals surface area contributed by atoms with E-state index >= 15 is 0 Å². The molecule has 1 rings (SSSR count). The molecule has 1 saturated heterocycles. The quantitative estimate of drug-likeness (QED) is 0.713. The Balaban J connectivity index is 2.11. The minimum Gasteiger partial charge on any atom is -0.338 e. The summed E-state index contributed by atoms with van der Waals surface area (Å²) in [5.41, 5.74) is 0. The third kappa shape index (κ3) is 4.51. The van der Waals surface area contributed by atoms with E-state index in [1.54, 1.807) is 0 Å². The van der Waals surface area contributed by atoms with Gasteiger partial charge < -0.3 is 10.2 Å². The van der Waals surface area contributed by atoms with Crippen LogP contribution < -0.4 is 5.32 Å². The maximum atomic E-state index is 11.6. The molecule has 0 aromatic rings. The van der Waals surface area contributed by atoms with Gasteiger partial charge in [-0.25, -0.2) is 4.79 Å². The Morgan fingerprint density at radius 1 is 1.27 bits per heavy atom. The maximum Gasteiger partial charge on any atom is 0.317 e. The molecule has 0 aromatic heterocycles. The summed E-state index contributed by atoms with van der Waals surface area (Å²) in [5.74, 6) is 0. The minimum atomic E-state index is 0.0826. The molecule has 87 valence electrons. The number of nitrogens with one attached hydrogen (secondary N) is 1. The van der Waals surface area contributed by atoms with Crippen molar-refractivity contribution in [2.75, 3.05) is 32.7 Å². The fraction of sp³-hybridized carbons (Fsp3) is 0.818. The van der Waals surface area contributed by atoms with Crippen LogP contribution in [0, 0.1) is 7.05 Å². The second-order valence-electron chi connectivity index (χ2n) is 4.04. The Kier molecular flexibility index (Phi) is 5.47. The molecule has 1 aliphatic heterocycles. The van der Waals surface area contributed by atoms with Crippen LogP contribution in [0.15, 0.2) is 0 Å². The van der Waals surface area contributed by atoms with Crippen LogP contribution in [-0.2, 0) is 0 Å². The van der Waals surface area contributed by atoms with Crippen molar-refractivity contribution >= 4 is 6.03 Å². The van der Waals surface area contributed by atoms with Crippen LogP contribution in [0.25, 0.3) is 0 Å². The lowest BCUT2D eigenvalue weighted by Gasteiger charge is -2.32. The van der Waals surface area contributed by atoms with Gasteiger partial charge in [-0.3, -0.25) is 4.90 Å². The standard InChI is InChI=1S/C11H22N3O/c1-3-4-5-6-12-11(15)14-9-7-13(2)8-10-14/h2-10H2,1H3,(H,12,15). The molecule has 1 aliphatic rings. The lowest BCUT2D eigenvalue weighted by atomic mass is 10.2.